The van der Waals surface area contributed by atoms with E-state index in [1.807, 2.05) is 30.3 Å². The second kappa shape index (κ2) is 5.63. The van der Waals surface area contributed by atoms with E-state index in [2.05, 4.69) is 0 Å². The summed E-state index contributed by atoms with van der Waals surface area (Å²) in [5.74, 6) is -3.02. The standard InChI is InChI=1S/C13H15NO4S/c1-14-7-9(19-8-5-3-2-4-6-8)10(12(15)16)11(14)13(17)18/h2-6,9-11H,7H2,1H3,(H,15,16)(H,17,18)/t9-,10+,11-/m0/s1. The first kappa shape index (κ1) is 13.9. The summed E-state index contributed by atoms with van der Waals surface area (Å²) in [7, 11) is 1.65. The molecule has 5 nitrogen and oxygen atoms in total. The molecule has 0 amide bonds. The van der Waals surface area contributed by atoms with Crippen molar-refractivity contribution in [2.75, 3.05) is 13.6 Å². The molecule has 1 aromatic carbocycles. The van der Waals surface area contributed by atoms with Gasteiger partial charge in [-0.15, -0.1) is 11.8 Å². The Bertz CT molecular complexity index is 479. The van der Waals surface area contributed by atoms with Crippen LogP contribution in [0.4, 0.5) is 0 Å². The number of likely N-dealkylation sites (N-methyl/N-ethyl adjacent to an activating group) is 1. The second-order valence-corrected chi connectivity index (χ2v) is 5.87. The Kier molecular flexibility index (Phi) is 4.11. The number of benzene rings is 1. The van der Waals surface area contributed by atoms with Crippen LogP contribution >= 0.6 is 11.8 Å². The van der Waals surface area contributed by atoms with Gasteiger partial charge in [-0.25, -0.2) is 0 Å². The third kappa shape index (κ3) is 2.90. The minimum absolute atomic E-state index is 0.258. The topological polar surface area (TPSA) is 77.8 Å². The van der Waals surface area contributed by atoms with Gasteiger partial charge in [-0.3, -0.25) is 14.5 Å². The van der Waals surface area contributed by atoms with Crippen LogP contribution < -0.4 is 0 Å². The molecule has 3 atom stereocenters. The minimum Gasteiger partial charge on any atom is -0.481 e. The molecule has 0 saturated carbocycles. The van der Waals surface area contributed by atoms with Crippen LogP contribution in [0.5, 0.6) is 0 Å². The molecular formula is C13H15NO4S. The van der Waals surface area contributed by atoms with Crippen LogP contribution in [0, 0.1) is 5.92 Å². The Hall–Kier alpha value is -1.53. The van der Waals surface area contributed by atoms with Gasteiger partial charge in [-0.1, -0.05) is 18.2 Å². The van der Waals surface area contributed by atoms with Gasteiger partial charge in [-0.05, 0) is 19.2 Å². The molecule has 1 heterocycles. The summed E-state index contributed by atoms with van der Waals surface area (Å²) < 4.78 is 0. The Morgan fingerprint density at radius 3 is 2.37 bits per heavy atom. The van der Waals surface area contributed by atoms with Gasteiger partial charge in [0, 0.05) is 16.7 Å². The molecule has 0 bridgehead atoms. The van der Waals surface area contributed by atoms with E-state index in [-0.39, 0.29) is 5.25 Å². The van der Waals surface area contributed by atoms with Crippen molar-refractivity contribution in [3.8, 4) is 0 Å². The predicted octanol–water partition coefficient (Wildman–Crippen LogP) is 1.25. The number of carboxylic acid groups (broad SMARTS) is 2. The van der Waals surface area contributed by atoms with Crippen molar-refractivity contribution in [3.05, 3.63) is 30.3 Å². The lowest BCUT2D eigenvalue weighted by atomic mass is 10.0. The fourth-order valence-corrected chi connectivity index (χ4v) is 3.79. The van der Waals surface area contributed by atoms with Gasteiger partial charge in [0.2, 0.25) is 0 Å². The van der Waals surface area contributed by atoms with Crippen molar-refractivity contribution in [3.63, 3.8) is 0 Å². The zero-order chi connectivity index (χ0) is 14.0. The first-order valence-electron chi connectivity index (χ1n) is 5.88. The predicted molar refractivity (Wildman–Crippen MR) is 71.3 cm³/mol. The van der Waals surface area contributed by atoms with E-state index in [4.69, 9.17) is 0 Å². The van der Waals surface area contributed by atoms with Crippen LogP contribution in [0.2, 0.25) is 0 Å². The van der Waals surface area contributed by atoms with Crippen LogP contribution in [-0.4, -0.2) is 51.9 Å². The number of hydrogen-bond acceptors (Lipinski definition) is 4. The quantitative estimate of drug-likeness (QED) is 0.865. The molecule has 1 aromatic rings. The molecule has 1 saturated heterocycles. The van der Waals surface area contributed by atoms with E-state index in [9.17, 15) is 19.8 Å². The third-order valence-electron chi connectivity index (χ3n) is 3.25. The molecule has 1 aliphatic heterocycles. The van der Waals surface area contributed by atoms with Crippen molar-refractivity contribution in [1.29, 1.82) is 0 Å². The lowest BCUT2D eigenvalue weighted by Crippen LogP contribution is -2.40. The molecule has 19 heavy (non-hydrogen) atoms. The minimum atomic E-state index is -1.08. The van der Waals surface area contributed by atoms with Gasteiger partial charge in [0.1, 0.15) is 6.04 Å². The first-order chi connectivity index (χ1) is 9.00. The average molecular weight is 281 g/mol. The molecule has 2 rings (SSSR count). The number of hydrogen-bond donors (Lipinski definition) is 2. The van der Waals surface area contributed by atoms with Crippen molar-refractivity contribution < 1.29 is 19.8 Å². The largest absolute Gasteiger partial charge is 0.481 e. The van der Waals surface area contributed by atoms with Crippen molar-refractivity contribution in [1.82, 2.24) is 4.90 Å². The zero-order valence-corrected chi connectivity index (χ0v) is 11.2. The number of carboxylic acids is 2. The van der Waals surface area contributed by atoms with Crippen LogP contribution in [0.25, 0.3) is 0 Å². The molecule has 0 aliphatic carbocycles. The Labute approximate surface area is 115 Å². The molecule has 0 aromatic heterocycles. The maximum Gasteiger partial charge on any atom is 0.321 e. The summed E-state index contributed by atoms with van der Waals surface area (Å²) in [5.41, 5.74) is 0. The van der Waals surface area contributed by atoms with Crippen LogP contribution in [0.3, 0.4) is 0 Å². The normalized spacial score (nSPS) is 27.3. The zero-order valence-electron chi connectivity index (χ0n) is 10.4. The average Bonchev–Trinajstić information content (AvgIpc) is 2.67. The Balaban J connectivity index is 2.20. The summed E-state index contributed by atoms with van der Waals surface area (Å²) >= 11 is 1.43. The van der Waals surface area contributed by atoms with Gasteiger partial charge >= 0.3 is 11.9 Å². The molecule has 0 radical (unpaired) electrons. The van der Waals surface area contributed by atoms with Gasteiger partial charge in [0.15, 0.2) is 0 Å². The van der Waals surface area contributed by atoms with E-state index in [1.54, 1.807) is 11.9 Å². The SMILES string of the molecule is CN1C[C@H](Sc2ccccc2)[C@@H](C(=O)O)[C@H]1C(=O)O. The van der Waals surface area contributed by atoms with Gasteiger partial charge in [0.25, 0.3) is 0 Å². The lowest BCUT2D eigenvalue weighted by Gasteiger charge is -2.18. The monoisotopic (exact) mass is 281 g/mol. The lowest BCUT2D eigenvalue weighted by molar-refractivity contribution is -0.151. The molecule has 6 heteroatoms. The smallest absolute Gasteiger partial charge is 0.321 e. The molecule has 102 valence electrons. The second-order valence-electron chi connectivity index (χ2n) is 4.56. The Morgan fingerprint density at radius 2 is 1.84 bits per heavy atom. The van der Waals surface area contributed by atoms with E-state index in [0.717, 1.165) is 4.90 Å². The molecule has 0 spiro atoms. The van der Waals surface area contributed by atoms with Gasteiger partial charge < -0.3 is 10.2 Å². The summed E-state index contributed by atoms with van der Waals surface area (Å²) in [6, 6.07) is 8.49. The molecule has 2 N–H and O–H groups in total. The number of carbonyl (C=O) groups is 2. The van der Waals surface area contributed by atoms with Crippen molar-refractivity contribution >= 4 is 23.7 Å². The fraction of sp³-hybridized carbons (Fsp3) is 0.385. The molecule has 0 unspecified atom stereocenters. The number of aliphatic carboxylic acids is 2. The summed E-state index contributed by atoms with van der Waals surface area (Å²) in [6.07, 6.45) is 0. The van der Waals surface area contributed by atoms with Gasteiger partial charge in [0.05, 0.1) is 5.92 Å². The van der Waals surface area contributed by atoms with E-state index < -0.39 is 23.9 Å². The molecular weight excluding hydrogens is 266 g/mol. The number of rotatable bonds is 4. The molecule has 1 aliphatic rings. The maximum atomic E-state index is 11.4. The fourth-order valence-electron chi connectivity index (χ4n) is 2.41. The highest BCUT2D eigenvalue weighted by Gasteiger charge is 2.48. The Morgan fingerprint density at radius 1 is 1.21 bits per heavy atom. The summed E-state index contributed by atoms with van der Waals surface area (Å²) in [4.78, 5) is 25.1. The van der Waals surface area contributed by atoms with Crippen molar-refractivity contribution in [2.45, 2.75) is 16.2 Å². The first-order valence-corrected chi connectivity index (χ1v) is 6.76. The van der Waals surface area contributed by atoms with E-state index in [1.165, 1.54) is 11.8 Å². The summed E-state index contributed by atoms with van der Waals surface area (Å²) in [6.45, 7) is 0.452. The van der Waals surface area contributed by atoms with Crippen LogP contribution in [0.15, 0.2) is 35.2 Å². The van der Waals surface area contributed by atoms with Crippen LogP contribution in [-0.2, 0) is 9.59 Å². The number of thioether (sulfide) groups is 1. The highest BCUT2D eigenvalue weighted by atomic mass is 32.2. The highest BCUT2D eigenvalue weighted by molar-refractivity contribution is 8.00. The number of likely N-dealkylation sites (tertiary alicyclic amines) is 1. The maximum absolute atomic E-state index is 11.4. The van der Waals surface area contributed by atoms with E-state index in [0.29, 0.717) is 6.54 Å². The molecule has 1 fully saturated rings. The van der Waals surface area contributed by atoms with Crippen LogP contribution in [0.1, 0.15) is 0 Å². The van der Waals surface area contributed by atoms with Gasteiger partial charge in [-0.2, -0.15) is 0 Å². The number of nitrogens with zero attached hydrogens (tertiary/aromatic N) is 1. The summed E-state index contributed by atoms with van der Waals surface area (Å²) in [5, 5.41) is 18.2. The van der Waals surface area contributed by atoms with E-state index >= 15 is 0 Å². The third-order valence-corrected chi connectivity index (χ3v) is 4.54. The van der Waals surface area contributed by atoms with Crippen molar-refractivity contribution in [2.24, 2.45) is 5.92 Å². The highest BCUT2D eigenvalue weighted by Crippen LogP contribution is 2.36.